The molecule has 6 heteroatoms. The number of halogens is 1. The number of furan rings is 1. The average Bonchev–Trinajstić information content (AvgIpc) is 3.19. The molecule has 1 aromatic heterocycles. The fourth-order valence-electron chi connectivity index (χ4n) is 2.81. The lowest BCUT2D eigenvalue weighted by atomic mass is 10.1. The summed E-state index contributed by atoms with van der Waals surface area (Å²) in [4.78, 5) is 12.5. The molecule has 2 aromatic carbocycles. The summed E-state index contributed by atoms with van der Waals surface area (Å²) >= 11 is 0. The van der Waals surface area contributed by atoms with Crippen molar-refractivity contribution in [3.8, 4) is 22.8 Å². The molecule has 1 N–H and O–H groups in total. The van der Waals surface area contributed by atoms with E-state index < -0.39 is 0 Å². The van der Waals surface area contributed by atoms with Crippen molar-refractivity contribution in [2.75, 3.05) is 13.7 Å². The van der Waals surface area contributed by atoms with Crippen LogP contribution in [-0.4, -0.2) is 19.6 Å². The van der Waals surface area contributed by atoms with Gasteiger partial charge in [0.25, 0.3) is 5.91 Å². The van der Waals surface area contributed by atoms with E-state index in [1.165, 1.54) is 12.1 Å². The van der Waals surface area contributed by atoms with E-state index in [0.717, 1.165) is 5.56 Å². The summed E-state index contributed by atoms with van der Waals surface area (Å²) < 4.78 is 29.5. The molecule has 0 spiro atoms. The van der Waals surface area contributed by atoms with E-state index in [1.807, 2.05) is 32.0 Å². The number of hydrogen-bond donors (Lipinski definition) is 1. The zero-order valence-corrected chi connectivity index (χ0v) is 16.0. The molecule has 0 fully saturated rings. The first kappa shape index (κ1) is 19.5. The summed E-state index contributed by atoms with van der Waals surface area (Å²) in [7, 11) is 1.57. The van der Waals surface area contributed by atoms with Crippen molar-refractivity contribution < 1.29 is 23.1 Å². The van der Waals surface area contributed by atoms with Crippen LogP contribution in [0.5, 0.6) is 11.5 Å². The van der Waals surface area contributed by atoms with Crippen LogP contribution in [0.2, 0.25) is 0 Å². The third-order valence-corrected chi connectivity index (χ3v) is 4.29. The second-order valence-electron chi connectivity index (χ2n) is 6.21. The first-order valence-electron chi connectivity index (χ1n) is 8.99. The molecule has 0 saturated heterocycles. The Morgan fingerprint density at radius 2 is 1.86 bits per heavy atom. The second-order valence-corrected chi connectivity index (χ2v) is 6.21. The summed E-state index contributed by atoms with van der Waals surface area (Å²) in [5, 5.41) is 2.90. The Labute approximate surface area is 163 Å². The summed E-state index contributed by atoms with van der Waals surface area (Å²) in [6, 6.07) is 14.4. The minimum Gasteiger partial charge on any atom is -0.493 e. The third kappa shape index (κ3) is 4.34. The maximum absolute atomic E-state index is 13.1. The molecule has 0 bridgehead atoms. The SMILES string of the molecule is CCOc1ccc(C(C)NC(=O)c2ccc(-c3ccc(F)cc3)o2)cc1OC. The van der Waals surface area contributed by atoms with Crippen LogP contribution >= 0.6 is 0 Å². The predicted octanol–water partition coefficient (Wildman–Crippen LogP) is 4.98. The number of hydrogen-bond acceptors (Lipinski definition) is 4. The maximum atomic E-state index is 13.1. The zero-order chi connectivity index (χ0) is 20.1. The third-order valence-electron chi connectivity index (χ3n) is 4.29. The monoisotopic (exact) mass is 383 g/mol. The molecule has 1 atom stereocenters. The van der Waals surface area contributed by atoms with E-state index in [2.05, 4.69) is 5.32 Å². The van der Waals surface area contributed by atoms with Crippen LogP contribution in [0.4, 0.5) is 4.39 Å². The van der Waals surface area contributed by atoms with Gasteiger partial charge in [-0.05, 0) is 67.9 Å². The van der Waals surface area contributed by atoms with E-state index in [4.69, 9.17) is 13.9 Å². The summed E-state index contributed by atoms with van der Waals surface area (Å²) in [6.45, 7) is 4.31. The van der Waals surface area contributed by atoms with Gasteiger partial charge in [-0.15, -0.1) is 0 Å². The fraction of sp³-hybridized carbons (Fsp3) is 0.227. The summed E-state index contributed by atoms with van der Waals surface area (Å²) in [5.41, 5.74) is 1.57. The molecule has 1 unspecified atom stereocenters. The number of benzene rings is 2. The molecular weight excluding hydrogens is 361 g/mol. The summed E-state index contributed by atoms with van der Waals surface area (Å²) in [5.74, 6) is 1.28. The van der Waals surface area contributed by atoms with Crippen molar-refractivity contribution >= 4 is 5.91 Å². The number of carbonyl (C=O) groups is 1. The maximum Gasteiger partial charge on any atom is 0.287 e. The lowest BCUT2D eigenvalue weighted by Gasteiger charge is -2.16. The molecule has 0 radical (unpaired) electrons. The number of rotatable bonds is 7. The van der Waals surface area contributed by atoms with Gasteiger partial charge in [-0.3, -0.25) is 4.79 Å². The van der Waals surface area contributed by atoms with Gasteiger partial charge in [-0.2, -0.15) is 0 Å². The molecule has 3 aromatic rings. The van der Waals surface area contributed by atoms with Gasteiger partial charge in [0.2, 0.25) is 0 Å². The quantitative estimate of drug-likeness (QED) is 0.625. The molecule has 0 saturated carbocycles. The lowest BCUT2D eigenvalue weighted by Crippen LogP contribution is -2.26. The van der Waals surface area contributed by atoms with E-state index in [-0.39, 0.29) is 23.5 Å². The van der Waals surface area contributed by atoms with Gasteiger partial charge in [0.1, 0.15) is 11.6 Å². The van der Waals surface area contributed by atoms with Crippen molar-refractivity contribution in [2.24, 2.45) is 0 Å². The van der Waals surface area contributed by atoms with Crippen LogP contribution < -0.4 is 14.8 Å². The fourth-order valence-corrected chi connectivity index (χ4v) is 2.81. The molecule has 146 valence electrons. The van der Waals surface area contributed by atoms with Gasteiger partial charge < -0.3 is 19.2 Å². The molecule has 5 nitrogen and oxygen atoms in total. The Balaban J connectivity index is 1.71. The van der Waals surface area contributed by atoms with Crippen molar-refractivity contribution in [1.82, 2.24) is 5.32 Å². The van der Waals surface area contributed by atoms with Crippen molar-refractivity contribution in [2.45, 2.75) is 19.9 Å². The van der Waals surface area contributed by atoms with Crippen LogP contribution in [0.3, 0.4) is 0 Å². The van der Waals surface area contributed by atoms with E-state index in [0.29, 0.717) is 29.4 Å². The van der Waals surface area contributed by atoms with Crippen molar-refractivity contribution in [3.63, 3.8) is 0 Å². The topological polar surface area (TPSA) is 60.7 Å². The van der Waals surface area contributed by atoms with Crippen LogP contribution in [0.15, 0.2) is 59.0 Å². The Kier molecular flexibility index (Phi) is 5.99. The Morgan fingerprint density at radius 3 is 2.54 bits per heavy atom. The van der Waals surface area contributed by atoms with E-state index in [9.17, 15) is 9.18 Å². The lowest BCUT2D eigenvalue weighted by molar-refractivity contribution is 0.0912. The Hall–Kier alpha value is -3.28. The first-order valence-corrected chi connectivity index (χ1v) is 8.99. The minimum absolute atomic E-state index is 0.184. The second kappa shape index (κ2) is 8.61. The molecule has 1 heterocycles. The molecule has 0 aliphatic carbocycles. The first-order chi connectivity index (χ1) is 13.5. The van der Waals surface area contributed by atoms with Crippen LogP contribution in [0.1, 0.15) is 36.0 Å². The van der Waals surface area contributed by atoms with Gasteiger partial charge in [0.15, 0.2) is 17.3 Å². The molecule has 1 amide bonds. The highest BCUT2D eigenvalue weighted by Gasteiger charge is 2.17. The highest BCUT2D eigenvalue weighted by Crippen LogP contribution is 2.30. The van der Waals surface area contributed by atoms with Crippen LogP contribution in [0, 0.1) is 5.82 Å². The molecule has 0 aliphatic heterocycles. The molecular formula is C22H22FNO4. The summed E-state index contributed by atoms with van der Waals surface area (Å²) in [6.07, 6.45) is 0. The van der Waals surface area contributed by atoms with Crippen molar-refractivity contribution in [3.05, 3.63) is 71.7 Å². The smallest absolute Gasteiger partial charge is 0.287 e. The van der Waals surface area contributed by atoms with E-state index in [1.54, 1.807) is 31.4 Å². The van der Waals surface area contributed by atoms with E-state index >= 15 is 0 Å². The zero-order valence-electron chi connectivity index (χ0n) is 16.0. The van der Waals surface area contributed by atoms with Crippen molar-refractivity contribution in [1.29, 1.82) is 0 Å². The number of amides is 1. The largest absolute Gasteiger partial charge is 0.493 e. The Bertz CT molecular complexity index is 949. The van der Waals surface area contributed by atoms with Crippen LogP contribution in [0.25, 0.3) is 11.3 Å². The van der Waals surface area contributed by atoms with Gasteiger partial charge in [-0.1, -0.05) is 6.07 Å². The highest BCUT2D eigenvalue weighted by atomic mass is 19.1. The van der Waals surface area contributed by atoms with Gasteiger partial charge >= 0.3 is 0 Å². The molecule has 28 heavy (non-hydrogen) atoms. The standard InChI is InChI=1S/C22H22FNO4/c1-4-27-19-10-7-16(13-21(19)26-3)14(2)24-22(25)20-12-11-18(28-20)15-5-8-17(23)9-6-15/h5-14H,4H2,1-3H3,(H,24,25). The Morgan fingerprint density at radius 1 is 1.11 bits per heavy atom. The minimum atomic E-state index is -0.339. The number of methoxy groups -OCH3 is 1. The normalized spacial score (nSPS) is 11.7. The van der Waals surface area contributed by atoms with Crippen LogP contribution in [-0.2, 0) is 0 Å². The number of ether oxygens (including phenoxy) is 2. The van der Waals surface area contributed by atoms with Gasteiger partial charge in [0, 0.05) is 5.56 Å². The average molecular weight is 383 g/mol. The number of carbonyl (C=O) groups excluding carboxylic acids is 1. The number of nitrogens with one attached hydrogen (secondary N) is 1. The highest BCUT2D eigenvalue weighted by molar-refractivity contribution is 5.92. The van der Waals surface area contributed by atoms with Gasteiger partial charge in [-0.25, -0.2) is 4.39 Å². The van der Waals surface area contributed by atoms with Gasteiger partial charge in [0.05, 0.1) is 19.8 Å². The predicted molar refractivity (Wildman–Crippen MR) is 104 cm³/mol. The molecule has 0 aliphatic rings. The molecule has 3 rings (SSSR count).